The number of thioether (sulfide) groups is 1. The normalized spacial score (nSPS) is 13.4. The molecule has 1 unspecified atom stereocenters. The van der Waals surface area contributed by atoms with Crippen LogP contribution in [0.15, 0.2) is 0 Å². The number of nitriles is 1. The van der Waals surface area contributed by atoms with Gasteiger partial charge in [0, 0.05) is 19.0 Å². The molecular formula is C13H26N2S. The highest BCUT2D eigenvalue weighted by atomic mass is 32.2. The van der Waals surface area contributed by atoms with Gasteiger partial charge in [0.05, 0.1) is 6.07 Å². The van der Waals surface area contributed by atoms with Crippen LogP contribution in [0.5, 0.6) is 0 Å². The lowest BCUT2D eigenvalue weighted by molar-refractivity contribution is 0.302. The van der Waals surface area contributed by atoms with Gasteiger partial charge in [0.15, 0.2) is 0 Å². The quantitative estimate of drug-likeness (QED) is 0.629. The molecular weight excluding hydrogens is 216 g/mol. The summed E-state index contributed by atoms with van der Waals surface area (Å²) in [5.74, 6) is 2.45. The van der Waals surface area contributed by atoms with Crippen LogP contribution in [0.4, 0.5) is 0 Å². The smallest absolute Gasteiger partial charge is 0.0621 e. The number of nitrogens with one attached hydrogen (secondary N) is 1. The van der Waals surface area contributed by atoms with Gasteiger partial charge in [0.1, 0.15) is 0 Å². The molecule has 0 fully saturated rings. The second kappa shape index (κ2) is 8.90. The summed E-state index contributed by atoms with van der Waals surface area (Å²) in [6.45, 7) is 9.91. The molecule has 0 saturated heterocycles. The third-order valence-electron chi connectivity index (χ3n) is 2.74. The molecule has 0 amide bonds. The van der Waals surface area contributed by atoms with Gasteiger partial charge in [0.2, 0.25) is 0 Å². The maximum absolute atomic E-state index is 8.58. The average Bonchev–Trinajstić information content (AvgIpc) is 2.24. The SMILES string of the molecule is CCSCCC(C)NCC(C)(C)CCC#N. The molecule has 2 nitrogen and oxygen atoms in total. The molecule has 0 spiro atoms. The molecule has 0 rings (SSSR count). The van der Waals surface area contributed by atoms with Crippen molar-refractivity contribution in [3.8, 4) is 6.07 Å². The van der Waals surface area contributed by atoms with Gasteiger partial charge >= 0.3 is 0 Å². The predicted octanol–water partition coefficient (Wildman–Crippen LogP) is 3.44. The first-order chi connectivity index (χ1) is 7.52. The van der Waals surface area contributed by atoms with E-state index in [4.69, 9.17) is 5.26 Å². The van der Waals surface area contributed by atoms with Gasteiger partial charge in [-0.3, -0.25) is 0 Å². The summed E-state index contributed by atoms with van der Waals surface area (Å²) in [5.41, 5.74) is 0.238. The Morgan fingerprint density at radius 1 is 1.44 bits per heavy atom. The van der Waals surface area contributed by atoms with Crippen molar-refractivity contribution in [2.45, 2.75) is 53.0 Å². The Hall–Kier alpha value is -0.200. The van der Waals surface area contributed by atoms with Gasteiger partial charge in [0.25, 0.3) is 0 Å². The summed E-state index contributed by atoms with van der Waals surface area (Å²) in [5, 5.41) is 12.1. The lowest BCUT2D eigenvalue weighted by Crippen LogP contribution is -2.35. The van der Waals surface area contributed by atoms with Crippen LogP contribution < -0.4 is 5.32 Å². The minimum atomic E-state index is 0.238. The maximum atomic E-state index is 8.58. The van der Waals surface area contributed by atoms with E-state index in [9.17, 15) is 0 Å². The summed E-state index contributed by atoms with van der Waals surface area (Å²) in [6.07, 6.45) is 2.87. The standard InChI is InChI=1S/C13H26N2S/c1-5-16-10-7-12(2)15-11-13(3,4)8-6-9-14/h12,15H,5-8,10-11H2,1-4H3. The van der Waals surface area contributed by atoms with E-state index in [1.54, 1.807) is 0 Å². The molecule has 0 saturated carbocycles. The molecule has 0 aromatic rings. The fourth-order valence-corrected chi connectivity index (χ4v) is 2.25. The molecule has 0 aliphatic heterocycles. The van der Waals surface area contributed by atoms with Gasteiger partial charge in [-0.25, -0.2) is 0 Å². The van der Waals surface area contributed by atoms with Crippen LogP contribution in [0.2, 0.25) is 0 Å². The largest absolute Gasteiger partial charge is 0.314 e. The van der Waals surface area contributed by atoms with Crippen LogP contribution in [0, 0.1) is 16.7 Å². The van der Waals surface area contributed by atoms with E-state index in [-0.39, 0.29) is 5.41 Å². The van der Waals surface area contributed by atoms with Crippen LogP contribution in [-0.2, 0) is 0 Å². The first-order valence-electron chi connectivity index (χ1n) is 6.20. The van der Waals surface area contributed by atoms with Crippen molar-refractivity contribution < 1.29 is 0 Å². The first-order valence-corrected chi connectivity index (χ1v) is 7.35. The van der Waals surface area contributed by atoms with Gasteiger partial charge in [-0.2, -0.15) is 17.0 Å². The monoisotopic (exact) mass is 242 g/mol. The summed E-state index contributed by atoms with van der Waals surface area (Å²) in [7, 11) is 0. The average molecular weight is 242 g/mol. The summed E-state index contributed by atoms with van der Waals surface area (Å²) >= 11 is 2.00. The van der Waals surface area contributed by atoms with Crippen LogP contribution >= 0.6 is 11.8 Å². The fraction of sp³-hybridized carbons (Fsp3) is 0.923. The van der Waals surface area contributed by atoms with Crippen molar-refractivity contribution in [2.24, 2.45) is 5.41 Å². The highest BCUT2D eigenvalue weighted by Crippen LogP contribution is 2.21. The minimum Gasteiger partial charge on any atom is -0.314 e. The second-order valence-electron chi connectivity index (χ2n) is 5.09. The van der Waals surface area contributed by atoms with Crippen LogP contribution in [0.25, 0.3) is 0 Å². The summed E-state index contributed by atoms with van der Waals surface area (Å²) in [4.78, 5) is 0. The molecule has 3 heteroatoms. The van der Waals surface area contributed by atoms with E-state index in [1.807, 2.05) is 11.8 Å². The Kier molecular flexibility index (Phi) is 8.78. The zero-order valence-electron chi connectivity index (χ0n) is 11.2. The Labute approximate surface area is 105 Å². The van der Waals surface area contributed by atoms with E-state index in [2.05, 4.69) is 39.1 Å². The van der Waals surface area contributed by atoms with E-state index in [0.29, 0.717) is 12.5 Å². The van der Waals surface area contributed by atoms with Crippen LogP contribution in [0.1, 0.15) is 47.0 Å². The predicted molar refractivity (Wildman–Crippen MR) is 73.7 cm³/mol. The third kappa shape index (κ3) is 9.06. The van der Waals surface area contributed by atoms with Crippen molar-refractivity contribution in [3.63, 3.8) is 0 Å². The minimum absolute atomic E-state index is 0.238. The highest BCUT2D eigenvalue weighted by Gasteiger charge is 2.17. The van der Waals surface area contributed by atoms with Gasteiger partial charge in [-0.1, -0.05) is 20.8 Å². The molecule has 1 N–H and O–H groups in total. The zero-order chi connectivity index (χ0) is 12.4. The Balaban J connectivity index is 3.64. The molecule has 0 aliphatic carbocycles. The summed E-state index contributed by atoms with van der Waals surface area (Å²) < 4.78 is 0. The van der Waals surface area contributed by atoms with Crippen molar-refractivity contribution in [1.82, 2.24) is 5.32 Å². The lowest BCUT2D eigenvalue weighted by atomic mass is 9.88. The maximum Gasteiger partial charge on any atom is 0.0621 e. The van der Waals surface area contributed by atoms with Crippen molar-refractivity contribution in [3.05, 3.63) is 0 Å². The molecule has 16 heavy (non-hydrogen) atoms. The van der Waals surface area contributed by atoms with Crippen molar-refractivity contribution >= 4 is 11.8 Å². The number of hydrogen-bond donors (Lipinski definition) is 1. The third-order valence-corrected chi connectivity index (χ3v) is 3.67. The molecule has 0 aliphatic rings. The zero-order valence-corrected chi connectivity index (χ0v) is 12.0. The van der Waals surface area contributed by atoms with E-state index in [1.165, 1.54) is 17.9 Å². The van der Waals surface area contributed by atoms with Gasteiger partial charge in [-0.15, -0.1) is 0 Å². The number of hydrogen-bond acceptors (Lipinski definition) is 3. The Bertz CT molecular complexity index is 208. The topological polar surface area (TPSA) is 35.8 Å². The highest BCUT2D eigenvalue weighted by molar-refractivity contribution is 7.99. The van der Waals surface area contributed by atoms with E-state index in [0.717, 1.165) is 13.0 Å². The molecule has 0 aromatic carbocycles. The van der Waals surface area contributed by atoms with Crippen molar-refractivity contribution in [1.29, 1.82) is 5.26 Å². The molecule has 0 aromatic heterocycles. The van der Waals surface area contributed by atoms with Gasteiger partial charge in [-0.05, 0) is 36.7 Å². The Morgan fingerprint density at radius 2 is 2.12 bits per heavy atom. The van der Waals surface area contributed by atoms with Crippen LogP contribution in [0.3, 0.4) is 0 Å². The van der Waals surface area contributed by atoms with Gasteiger partial charge < -0.3 is 5.32 Å². The molecule has 0 heterocycles. The summed E-state index contributed by atoms with van der Waals surface area (Å²) in [6, 6.07) is 2.81. The second-order valence-corrected chi connectivity index (χ2v) is 6.48. The molecule has 0 bridgehead atoms. The molecule has 0 radical (unpaired) electrons. The first kappa shape index (κ1) is 15.8. The molecule has 1 atom stereocenters. The van der Waals surface area contributed by atoms with E-state index < -0.39 is 0 Å². The Morgan fingerprint density at radius 3 is 2.69 bits per heavy atom. The molecule has 94 valence electrons. The fourth-order valence-electron chi connectivity index (χ4n) is 1.44. The van der Waals surface area contributed by atoms with E-state index >= 15 is 0 Å². The number of rotatable bonds is 9. The van der Waals surface area contributed by atoms with Crippen LogP contribution in [-0.4, -0.2) is 24.1 Å². The van der Waals surface area contributed by atoms with Crippen molar-refractivity contribution in [2.75, 3.05) is 18.1 Å². The number of nitrogens with zero attached hydrogens (tertiary/aromatic N) is 1. The lowest BCUT2D eigenvalue weighted by Gasteiger charge is -2.26.